The highest BCUT2D eigenvalue weighted by molar-refractivity contribution is 5.82. The van der Waals surface area contributed by atoms with Gasteiger partial charge < -0.3 is 14.8 Å². The van der Waals surface area contributed by atoms with Crippen LogP contribution in [-0.2, 0) is 4.79 Å². The second-order valence-corrected chi connectivity index (χ2v) is 6.19. The summed E-state index contributed by atoms with van der Waals surface area (Å²) in [6.45, 7) is 6.44. The Morgan fingerprint density at radius 1 is 1.21 bits per heavy atom. The van der Waals surface area contributed by atoms with E-state index in [-0.39, 0.29) is 18.6 Å². The first kappa shape index (κ1) is 16.4. The summed E-state index contributed by atoms with van der Waals surface area (Å²) in [4.78, 5) is 12.6. The quantitative estimate of drug-likeness (QED) is 0.932. The van der Waals surface area contributed by atoms with Crippen LogP contribution in [0.25, 0.3) is 0 Å². The molecule has 0 unspecified atom stereocenters. The molecule has 0 saturated carbocycles. The van der Waals surface area contributed by atoms with Crippen LogP contribution in [0.5, 0.6) is 11.5 Å². The maximum atomic E-state index is 12.6. The summed E-state index contributed by atoms with van der Waals surface area (Å²) in [5.41, 5.74) is 3.56. The summed E-state index contributed by atoms with van der Waals surface area (Å²) in [5.74, 6) is 1.16. The Kier molecular flexibility index (Phi) is 4.74. The van der Waals surface area contributed by atoms with Crippen molar-refractivity contribution in [2.75, 3.05) is 6.61 Å². The lowest BCUT2D eigenvalue weighted by Gasteiger charge is -2.28. The van der Waals surface area contributed by atoms with Crippen molar-refractivity contribution >= 4 is 5.91 Å². The lowest BCUT2D eigenvalue weighted by atomic mass is 9.97. The van der Waals surface area contributed by atoms with Crippen LogP contribution < -0.4 is 14.8 Å². The topological polar surface area (TPSA) is 47.6 Å². The number of carbonyl (C=O) groups excluding carboxylic acids is 1. The van der Waals surface area contributed by atoms with Crippen LogP contribution in [0.4, 0.5) is 0 Å². The number of hydrogen-bond acceptors (Lipinski definition) is 3. The summed E-state index contributed by atoms with van der Waals surface area (Å²) in [6, 6.07) is 13.7. The van der Waals surface area contributed by atoms with Gasteiger partial charge in [-0.3, -0.25) is 4.79 Å². The molecule has 24 heavy (non-hydrogen) atoms. The molecule has 0 saturated heterocycles. The van der Waals surface area contributed by atoms with Crippen molar-refractivity contribution in [3.63, 3.8) is 0 Å². The number of fused-ring (bicyclic) bond motifs is 1. The molecular weight excluding hydrogens is 302 g/mol. The van der Waals surface area contributed by atoms with Crippen LogP contribution in [0.3, 0.4) is 0 Å². The second kappa shape index (κ2) is 6.95. The molecule has 0 spiro atoms. The van der Waals surface area contributed by atoms with Gasteiger partial charge in [-0.2, -0.15) is 0 Å². The van der Waals surface area contributed by atoms with Crippen LogP contribution in [0.2, 0.25) is 0 Å². The van der Waals surface area contributed by atoms with Gasteiger partial charge in [-0.1, -0.05) is 42.8 Å². The number of hydrogen-bond donors (Lipinski definition) is 1. The molecule has 1 aliphatic rings. The molecule has 0 radical (unpaired) electrons. The highest BCUT2D eigenvalue weighted by Gasteiger charge is 2.29. The Morgan fingerprint density at radius 3 is 2.67 bits per heavy atom. The van der Waals surface area contributed by atoms with Gasteiger partial charge in [-0.25, -0.2) is 0 Å². The average Bonchev–Trinajstić information content (AvgIpc) is 2.59. The molecule has 4 heteroatoms. The SMILES string of the molecule is CC[C@H](NC(=O)[C@H]1COc2ccccc2O1)c1ccc(C)cc1C. The van der Waals surface area contributed by atoms with Gasteiger partial charge in [0.05, 0.1) is 6.04 Å². The molecule has 1 aliphatic heterocycles. The molecule has 0 bridgehead atoms. The molecule has 0 fully saturated rings. The largest absolute Gasteiger partial charge is 0.485 e. The third kappa shape index (κ3) is 3.37. The number of carbonyl (C=O) groups is 1. The number of amides is 1. The lowest BCUT2D eigenvalue weighted by Crippen LogP contribution is -2.45. The van der Waals surface area contributed by atoms with Crippen molar-refractivity contribution in [1.82, 2.24) is 5.32 Å². The predicted octanol–water partition coefficient (Wildman–Crippen LogP) is 3.71. The van der Waals surface area contributed by atoms with Crippen LogP contribution in [0.1, 0.15) is 36.1 Å². The van der Waals surface area contributed by atoms with E-state index in [2.05, 4.69) is 44.3 Å². The first-order valence-corrected chi connectivity index (χ1v) is 8.34. The standard InChI is InChI=1S/C20H23NO3/c1-4-16(15-10-9-13(2)11-14(15)3)21-20(22)19-12-23-17-7-5-6-8-18(17)24-19/h5-11,16,19H,4,12H2,1-3H3,(H,21,22)/t16-,19+/m0/s1. The van der Waals surface area contributed by atoms with E-state index in [1.165, 1.54) is 11.1 Å². The van der Waals surface area contributed by atoms with E-state index >= 15 is 0 Å². The number of rotatable bonds is 4. The average molecular weight is 325 g/mol. The zero-order chi connectivity index (χ0) is 17.1. The van der Waals surface area contributed by atoms with Gasteiger partial charge in [0.25, 0.3) is 5.91 Å². The second-order valence-electron chi connectivity index (χ2n) is 6.19. The van der Waals surface area contributed by atoms with Gasteiger partial charge in [0.15, 0.2) is 11.5 Å². The fourth-order valence-electron chi connectivity index (χ4n) is 3.03. The first-order valence-electron chi connectivity index (χ1n) is 8.34. The minimum Gasteiger partial charge on any atom is -0.485 e. The first-order chi connectivity index (χ1) is 11.6. The molecule has 2 aromatic rings. The third-order valence-electron chi connectivity index (χ3n) is 4.33. The van der Waals surface area contributed by atoms with E-state index in [0.29, 0.717) is 11.5 Å². The van der Waals surface area contributed by atoms with E-state index in [0.717, 1.165) is 12.0 Å². The number of aryl methyl sites for hydroxylation is 2. The molecule has 4 nitrogen and oxygen atoms in total. The summed E-state index contributed by atoms with van der Waals surface area (Å²) >= 11 is 0. The van der Waals surface area contributed by atoms with Crippen LogP contribution in [0, 0.1) is 13.8 Å². The maximum absolute atomic E-state index is 12.6. The van der Waals surface area contributed by atoms with Gasteiger partial charge in [0, 0.05) is 0 Å². The number of nitrogens with one attached hydrogen (secondary N) is 1. The van der Waals surface area contributed by atoms with Gasteiger partial charge >= 0.3 is 0 Å². The predicted molar refractivity (Wildman–Crippen MR) is 93.4 cm³/mol. The molecule has 1 heterocycles. The zero-order valence-corrected chi connectivity index (χ0v) is 14.3. The van der Waals surface area contributed by atoms with E-state index < -0.39 is 6.10 Å². The van der Waals surface area contributed by atoms with Crippen LogP contribution >= 0.6 is 0 Å². The molecular formula is C20H23NO3. The summed E-state index contributed by atoms with van der Waals surface area (Å²) < 4.78 is 11.4. The highest BCUT2D eigenvalue weighted by atomic mass is 16.6. The minimum atomic E-state index is -0.625. The molecule has 3 rings (SSSR count). The lowest BCUT2D eigenvalue weighted by molar-refractivity contribution is -0.131. The molecule has 0 aromatic heterocycles. The van der Waals surface area contributed by atoms with Crippen molar-refractivity contribution in [3.05, 3.63) is 59.2 Å². The maximum Gasteiger partial charge on any atom is 0.265 e. The number of benzene rings is 2. The van der Waals surface area contributed by atoms with Gasteiger partial charge in [0.1, 0.15) is 6.61 Å². The molecule has 2 atom stereocenters. The summed E-state index contributed by atoms with van der Waals surface area (Å²) in [5, 5.41) is 3.10. The van der Waals surface area contributed by atoms with Crippen molar-refractivity contribution in [3.8, 4) is 11.5 Å². The summed E-state index contributed by atoms with van der Waals surface area (Å²) in [6.07, 6.45) is 0.194. The van der Waals surface area contributed by atoms with Crippen molar-refractivity contribution in [2.24, 2.45) is 0 Å². The van der Waals surface area contributed by atoms with Gasteiger partial charge in [-0.05, 0) is 43.5 Å². The molecule has 126 valence electrons. The fourth-order valence-corrected chi connectivity index (χ4v) is 3.03. The van der Waals surface area contributed by atoms with E-state index in [4.69, 9.17) is 9.47 Å². The monoisotopic (exact) mass is 325 g/mol. The minimum absolute atomic E-state index is 0.0288. The molecule has 0 aliphatic carbocycles. The van der Waals surface area contributed by atoms with Crippen LogP contribution in [0.15, 0.2) is 42.5 Å². The van der Waals surface area contributed by atoms with E-state index in [1.54, 1.807) is 0 Å². The van der Waals surface area contributed by atoms with E-state index in [1.807, 2.05) is 24.3 Å². The fraction of sp³-hybridized carbons (Fsp3) is 0.350. The Bertz CT molecular complexity index is 741. The normalized spacial score (nSPS) is 17.2. The number of ether oxygens (including phenoxy) is 2. The third-order valence-corrected chi connectivity index (χ3v) is 4.33. The Hall–Kier alpha value is -2.49. The molecule has 1 N–H and O–H groups in total. The Morgan fingerprint density at radius 2 is 1.96 bits per heavy atom. The number of para-hydroxylation sites is 2. The Balaban J connectivity index is 1.71. The molecule has 1 amide bonds. The smallest absolute Gasteiger partial charge is 0.265 e. The van der Waals surface area contributed by atoms with E-state index in [9.17, 15) is 4.79 Å². The Labute approximate surface area is 142 Å². The molecule has 2 aromatic carbocycles. The van der Waals surface area contributed by atoms with Crippen LogP contribution in [-0.4, -0.2) is 18.6 Å². The highest BCUT2D eigenvalue weighted by Crippen LogP contribution is 2.31. The summed E-state index contributed by atoms with van der Waals surface area (Å²) in [7, 11) is 0. The van der Waals surface area contributed by atoms with Gasteiger partial charge in [-0.15, -0.1) is 0 Å². The van der Waals surface area contributed by atoms with Crippen molar-refractivity contribution < 1.29 is 14.3 Å². The van der Waals surface area contributed by atoms with Crippen molar-refractivity contribution in [2.45, 2.75) is 39.3 Å². The van der Waals surface area contributed by atoms with Crippen molar-refractivity contribution in [1.29, 1.82) is 0 Å². The van der Waals surface area contributed by atoms with Gasteiger partial charge in [0.2, 0.25) is 6.10 Å². The zero-order valence-electron chi connectivity index (χ0n) is 14.3.